The van der Waals surface area contributed by atoms with E-state index < -0.39 is 0 Å². The van der Waals surface area contributed by atoms with E-state index in [1.807, 2.05) is 0 Å². The van der Waals surface area contributed by atoms with Crippen molar-refractivity contribution in [1.82, 2.24) is 15.5 Å². The Morgan fingerprint density at radius 2 is 1.88 bits per heavy atom. The number of morpholine rings is 1. The number of guanidine groups is 1. The normalized spacial score (nSPS) is 17.8. The Morgan fingerprint density at radius 3 is 2.46 bits per heavy atom. The molecule has 0 aliphatic carbocycles. The number of hydrogen-bond donors (Lipinski definition) is 2. The largest absolute Gasteiger partial charge is 0.379 e. The van der Waals surface area contributed by atoms with E-state index in [1.54, 1.807) is 14.2 Å². The maximum atomic E-state index is 5.53. The third kappa shape index (κ3) is 6.27. The summed E-state index contributed by atoms with van der Waals surface area (Å²) >= 11 is 0. The van der Waals surface area contributed by atoms with Crippen molar-refractivity contribution >= 4 is 5.96 Å². The number of benzene rings is 1. The summed E-state index contributed by atoms with van der Waals surface area (Å²) in [6.45, 7) is 11.2. The summed E-state index contributed by atoms with van der Waals surface area (Å²) in [4.78, 5) is 6.83. The molecular formula is C20H34N4O2. The molecule has 0 aromatic heterocycles. The zero-order valence-electron chi connectivity index (χ0n) is 16.8. The third-order valence-corrected chi connectivity index (χ3v) is 4.87. The molecular weight excluding hydrogens is 328 g/mol. The van der Waals surface area contributed by atoms with Gasteiger partial charge in [0.1, 0.15) is 0 Å². The average molecular weight is 363 g/mol. The van der Waals surface area contributed by atoms with Gasteiger partial charge >= 0.3 is 0 Å². The molecule has 1 unspecified atom stereocenters. The zero-order valence-corrected chi connectivity index (χ0v) is 16.8. The van der Waals surface area contributed by atoms with Crippen LogP contribution in [0.15, 0.2) is 29.3 Å². The number of hydrogen-bond acceptors (Lipinski definition) is 4. The van der Waals surface area contributed by atoms with Crippen LogP contribution in [-0.4, -0.2) is 70.0 Å². The number of aryl methyl sites for hydroxylation is 1. The van der Waals surface area contributed by atoms with Crippen LogP contribution in [0.5, 0.6) is 0 Å². The molecule has 6 heteroatoms. The molecule has 2 N–H and O–H groups in total. The standard InChI is InChI=1S/C20H34N4O2/c1-16-6-8-17(9-7-16)18(24-10-12-26-13-11-24)14-22-19(21-4)23-15-20(2,3)25-5/h6-9,18H,10-15H2,1-5H3,(H2,21,22,23). The van der Waals surface area contributed by atoms with Gasteiger partial charge in [-0.15, -0.1) is 0 Å². The molecule has 1 atom stereocenters. The maximum Gasteiger partial charge on any atom is 0.191 e. The molecule has 0 spiro atoms. The molecule has 0 radical (unpaired) electrons. The van der Waals surface area contributed by atoms with Gasteiger partial charge in [-0.2, -0.15) is 0 Å². The molecule has 1 fully saturated rings. The second-order valence-corrected chi connectivity index (χ2v) is 7.35. The van der Waals surface area contributed by atoms with Gasteiger partial charge in [-0.25, -0.2) is 0 Å². The van der Waals surface area contributed by atoms with E-state index in [0.717, 1.165) is 38.8 Å². The van der Waals surface area contributed by atoms with Gasteiger partial charge in [0.25, 0.3) is 0 Å². The molecule has 1 aliphatic heterocycles. The van der Waals surface area contributed by atoms with Gasteiger partial charge in [-0.05, 0) is 26.3 Å². The molecule has 26 heavy (non-hydrogen) atoms. The highest BCUT2D eigenvalue weighted by Gasteiger charge is 2.23. The molecule has 1 aromatic rings. The van der Waals surface area contributed by atoms with Crippen molar-refractivity contribution < 1.29 is 9.47 Å². The van der Waals surface area contributed by atoms with Gasteiger partial charge in [0.15, 0.2) is 5.96 Å². The first-order valence-electron chi connectivity index (χ1n) is 9.33. The van der Waals surface area contributed by atoms with Gasteiger partial charge in [-0.3, -0.25) is 9.89 Å². The molecule has 6 nitrogen and oxygen atoms in total. The fraction of sp³-hybridized carbons (Fsp3) is 0.650. The lowest BCUT2D eigenvalue weighted by Crippen LogP contribution is -2.48. The predicted octanol–water partition coefficient (Wildman–Crippen LogP) is 1.96. The summed E-state index contributed by atoms with van der Waals surface area (Å²) in [6, 6.07) is 9.09. The quantitative estimate of drug-likeness (QED) is 0.574. The van der Waals surface area contributed by atoms with Crippen LogP contribution < -0.4 is 10.6 Å². The molecule has 2 rings (SSSR count). The highest BCUT2D eigenvalue weighted by Crippen LogP contribution is 2.21. The van der Waals surface area contributed by atoms with Crippen LogP contribution in [0.25, 0.3) is 0 Å². The van der Waals surface area contributed by atoms with Crippen LogP contribution >= 0.6 is 0 Å². The van der Waals surface area contributed by atoms with Crippen molar-refractivity contribution in [1.29, 1.82) is 0 Å². The highest BCUT2D eigenvalue weighted by atomic mass is 16.5. The van der Waals surface area contributed by atoms with Crippen LogP contribution in [0.1, 0.15) is 31.0 Å². The summed E-state index contributed by atoms with van der Waals surface area (Å²) in [7, 11) is 3.52. The maximum absolute atomic E-state index is 5.53. The number of methoxy groups -OCH3 is 1. The number of ether oxygens (including phenoxy) is 2. The van der Waals surface area contributed by atoms with Crippen molar-refractivity contribution in [2.24, 2.45) is 4.99 Å². The average Bonchev–Trinajstić information content (AvgIpc) is 2.66. The summed E-state index contributed by atoms with van der Waals surface area (Å²) in [5, 5.41) is 6.83. The minimum atomic E-state index is -0.238. The van der Waals surface area contributed by atoms with Crippen molar-refractivity contribution in [2.75, 3.05) is 53.6 Å². The van der Waals surface area contributed by atoms with E-state index in [2.05, 4.69) is 65.6 Å². The van der Waals surface area contributed by atoms with Gasteiger partial charge < -0.3 is 20.1 Å². The molecule has 1 aromatic carbocycles. The summed E-state index contributed by atoms with van der Waals surface area (Å²) in [6.07, 6.45) is 0. The van der Waals surface area contributed by atoms with Crippen molar-refractivity contribution in [2.45, 2.75) is 32.4 Å². The Morgan fingerprint density at radius 1 is 1.23 bits per heavy atom. The van der Waals surface area contributed by atoms with Gasteiger partial charge in [0.2, 0.25) is 0 Å². The third-order valence-electron chi connectivity index (χ3n) is 4.87. The van der Waals surface area contributed by atoms with E-state index in [0.29, 0.717) is 6.54 Å². The monoisotopic (exact) mass is 362 g/mol. The van der Waals surface area contributed by atoms with Crippen molar-refractivity contribution in [3.63, 3.8) is 0 Å². The first-order valence-corrected chi connectivity index (χ1v) is 9.33. The topological polar surface area (TPSA) is 58.1 Å². The van der Waals surface area contributed by atoms with Crippen LogP contribution in [0.3, 0.4) is 0 Å². The SMILES string of the molecule is CN=C(NCC(c1ccc(C)cc1)N1CCOCC1)NCC(C)(C)OC. The predicted molar refractivity (Wildman–Crippen MR) is 107 cm³/mol. The van der Waals surface area contributed by atoms with Gasteiger partial charge in [0.05, 0.1) is 24.9 Å². The lowest BCUT2D eigenvalue weighted by atomic mass is 10.0. The van der Waals surface area contributed by atoms with Crippen LogP contribution in [-0.2, 0) is 9.47 Å². The fourth-order valence-electron chi connectivity index (χ4n) is 2.92. The molecule has 0 amide bonds. The van der Waals surface area contributed by atoms with Crippen LogP contribution in [0.2, 0.25) is 0 Å². The van der Waals surface area contributed by atoms with Crippen molar-refractivity contribution in [3.05, 3.63) is 35.4 Å². The van der Waals surface area contributed by atoms with E-state index in [1.165, 1.54) is 11.1 Å². The molecule has 0 saturated carbocycles. The second-order valence-electron chi connectivity index (χ2n) is 7.35. The lowest BCUT2D eigenvalue weighted by molar-refractivity contribution is 0.0167. The Kier molecular flexibility index (Phi) is 7.87. The second kappa shape index (κ2) is 9.90. The van der Waals surface area contributed by atoms with Gasteiger partial charge in [-0.1, -0.05) is 29.8 Å². The number of nitrogens with one attached hydrogen (secondary N) is 2. The number of rotatable bonds is 7. The van der Waals surface area contributed by atoms with E-state index >= 15 is 0 Å². The Hall–Kier alpha value is -1.63. The smallest absolute Gasteiger partial charge is 0.191 e. The first kappa shape index (κ1) is 20.7. The molecule has 1 heterocycles. The van der Waals surface area contributed by atoms with Crippen LogP contribution in [0, 0.1) is 6.92 Å². The van der Waals surface area contributed by atoms with Crippen LogP contribution in [0.4, 0.5) is 0 Å². The summed E-state index contributed by atoms with van der Waals surface area (Å²) in [5.74, 6) is 0.792. The minimum absolute atomic E-state index is 0.238. The lowest BCUT2D eigenvalue weighted by Gasteiger charge is -2.35. The zero-order chi connectivity index (χ0) is 19.0. The Labute approximate surface area is 158 Å². The number of nitrogens with zero attached hydrogens (tertiary/aromatic N) is 2. The Bertz CT molecular complexity index is 566. The molecule has 146 valence electrons. The fourth-order valence-corrected chi connectivity index (χ4v) is 2.92. The highest BCUT2D eigenvalue weighted by molar-refractivity contribution is 5.79. The van der Waals surface area contributed by atoms with E-state index in [9.17, 15) is 0 Å². The number of aliphatic imine (C=N–C) groups is 1. The molecule has 1 aliphatic rings. The van der Waals surface area contributed by atoms with Crippen molar-refractivity contribution in [3.8, 4) is 0 Å². The van der Waals surface area contributed by atoms with Gasteiger partial charge in [0, 0.05) is 40.3 Å². The van der Waals surface area contributed by atoms with E-state index in [-0.39, 0.29) is 11.6 Å². The Balaban J connectivity index is 2.02. The minimum Gasteiger partial charge on any atom is -0.379 e. The summed E-state index contributed by atoms with van der Waals surface area (Å²) in [5.41, 5.74) is 2.36. The first-order chi connectivity index (χ1) is 12.4. The molecule has 1 saturated heterocycles. The van der Waals surface area contributed by atoms with E-state index in [4.69, 9.17) is 9.47 Å². The summed E-state index contributed by atoms with van der Waals surface area (Å²) < 4.78 is 11.0. The molecule has 0 bridgehead atoms.